The molecule has 0 atom stereocenters. The molecular weight excluding hydrogens is 211 g/mol. The van der Waals surface area contributed by atoms with E-state index >= 15 is 0 Å². The van der Waals surface area contributed by atoms with Crippen molar-refractivity contribution in [2.75, 3.05) is 7.11 Å². The highest BCUT2D eigenvalue weighted by Crippen LogP contribution is 2.23. The van der Waals surface area contributed by atoms with Crippen molar-refractivity contribution in [2.45, 2.75) is 13.3 Å². The Morgan fingerprint density at radius 1 is 1.53 bits per heavy atom. The van der Waals surface area contributed by atoms with Crippen LogP contribution in [0.25, 0.3) is 0 Å². The summed E-state index contributed by atoms with van der Waals surface area (Å²) >= 11 is 0. The lowest BCUT2D eigenvalue weighted by atomic mass is 10.1. The minimum Gasteiger partial charge on any atom is -0.465 e. The van der Waals surface area contributed by atoms with Gasteiger partial charge in [0.05, 0.1) is 23.9 Å². The molecule has 1 aromatic heterocycles. The van der Waals surface area contributed by atoms with Crippen LogP contribution in [0.15, 0.2) is 6.07 Å². The number of aromatic nitrogens is 1. The van der Waals surface area contributed by atoms with Crippen LogP contribution >= 0.6 is 0 Å². The smallest absolute Gasteiger partial charge is 0.339 e. The standard InChI is InChI=1S/C9H8F3NO2/c1-4-5(9(14)15-2)3-6(7(10)11)8(12)13-4/h3,7H,1-2H3. The third-order valence-electron chi connectivity index (χ3n) is 1.83. The predicted molar refractivity (Wildman–Crippen MR) is 45.2 cm³/mol. The number of pyridine rings is 1. The molecule has 15 heavy (non-hydrogen) atoms. The van der Waals surface area contributed by atoms with Gasteiger partial charge in [0.2, 0.25) is 5.95 Å². The number of rotatable bonds is 2. The molecule has 82 valence electrons. The summed E-state index contributed by atoms with van der Waals surface area (Å²) in [6.07, 6.45) is -3.01. The van der Waals surface area contributed by atoms with Crippen LogP contribution in [0, 0.1) is 12.9 Å². The van der Waals surface area contributed by atoms with Crippen molar-refractivity contribution in [2.24, 2.45) is 0 Å². The minimum absolute atomic E-state index is 0.0174. The number of ether oxygens (including phenoxy) is 1. The van der Waals surface area contributed by atoms with Crippen LogP contribution in [0.1, 0.15) is 28.0 Å². The van der Waals surface area contributed by atoms with Crippen LogP contribution in [-0.2, 0) is 4.74 Å². The summed E-state index contributed by atoms with van der Waals surface area (Å²) in [5.41, 5.74) is -1.04. The molecular formula is C9H8F3NO2. The monoisotopic (exact) mass is 219 g/mol. The van der Waals surface area contributed by atoms with E-state index in [9.17, 15) is 18.0 Å². The van der Waals surface area contributed by atoms with Crippen LogP contribution < -0.4 is 0 Å². The zero-order valence-electron chi connectivity index (χ0n) is 8.05. The number of halogens is 3. The van der Waals surface area contributed by atoms with E-state index in [0.29, 0.717) is 0 Å². The summed E-state index contributed by atoms with van der Waals surface area (Å²) < 4.78 is 41.8. The first-order chi connectivity index (χ1) is 6.97. The number of hydrogen-bond acceptors (Lipinski definition) is 3. The van der Waals surface area contributed by atoms with Crippen molar-refractivity contribution in [3.63, 3.8) is 0 Å². The number of hydrogen-bond donors (Lipinski definition) is 0. The average Bonchev–Trinajstić information content (AvgIpc) is 2.16. The zero-order chi connectivity index (χ0) is 11.6. The third-order valence-corrected chi connectivity index (χ3v) is 1.83. The quantitative estimate of drug-likeness (QED) is 0.565. The highest BCUT2D eigenvalue weighted by Gasteiger charge is 2.20. The molecule has 1 aromatic rings. The van der Waals surface area contributed by atoms with Crippen molar-refractivity contribution < 1.29 is 22.7 Å². The van der Waals surface area contributed by atoms with Crippen molar-refractivity contribution in [3.8, 4) is 0 Å². The fourth-order valence-electron chi connectivity index (χ4n) is 1.06. The number of nitrogens with zero attached hydrogens (tertiary/aromatic N) is 1. The summed E-state index contributed by atoms with van der Waals surface area (Å²) in [4.78, 5) is 14.3. The number of carbonyl (C=O) groups excluding carboxylic acids is 1. The fraction of sp³-hybridized carbons (Fsp3) is 0.333. The van der Waals surface area contributed by atoms with Crippen molar-refractivity contribution in [1.29, 1.82) is 0 Å². The maximum absolute atomic E-state index is 12.9. The summed E-state index contributed by atoms with van der Waals surface area (Å²) in [6, 6.07) is 0.758. The van der Waals surface area contributed by atoms with Crippen molar-refractivity contribution in [3.05, 3.63) is 28.8 Å². The highest BCUT2D eigenvalue weighted by molar-refractivity contribution is 5.90. The van der Waals surface area contributed by atoms with E-state index in [0.717, 1.165) is 13.2 Å². The Balaban J connectivity index is 3.29. The first-order valence-electron chi connectivity index (χ1n) is 4.01. The number of alkyl halides is 2. The Bertz CT molecular complexity index is 393. The van der Waals surface area contributed by atoms with Crippen molar-refractivity contribution in [1.82, 2.24) is 4.98 Å². The van der Waals surface area contributed by atoms with Crippen LogP contribution in [0.4, 0.5) is 13.2 Å². The molecule has 3 nitrogen and oxygen atoms in total. The Morgan fingerprint density at radius 2 is 2.13 bits per heavy atom. The first-order valence-corrected chi connectivity index (χ1v) is 4.01. The van der Waals surface area contributed by atoms with E-state index in [1.165, 1.54) is 6.92 Å². The van der Waals surface area contributed by atoms with Crippen molar-refractivity contribution >= 4 is 5.97 Å². The van der Waals surface area contributed by atoms with Gasteiger partial charge in [-0.05, 0) is 13.0 Å². The SMILES string of the molecule is COC(=O)c1cc(C(F)F)c(F)nc1C. The van der Waals surface area contributed by atoms with Crippen LogP contribution in [0.2, 0.25) is 0 Å². The maximum atomic E-state index is 12.9. The van der Waals surface area contributed by atoms with E-state index in [-0.39, 0.29) is 11.3 Å². The van der Waals surface area contributed by atoms with Gasteiger partial charge in [-0.2, -0.15) is 4.39 Å². The molecule has 0 aromatic carbocycles. The lowest BCUT2D eigenvalue weighted by molar-refractivity contribution is 0.0598. The van der Waals surface area contributed by atoms with E-state index in [2.05, 4.69) is 9.72 Å². The van der Waals surface area contributed by atoms with Gasteiger partial charge in [0.1, 0.15) is 0 Å². The third kappa shape index (κ3) is 2.26. The average molecular weight is 219 g/mol. The van der Waals surface area contributed by atoms with Gasteiger partial charge < -0.3 is 4.74 Å². The molecule has 6 heteroatoms. The molecule has 0 bridgehead atoms. The number of esters is 1. The van der Waals surface area contributed by atoms with E-state index < -0.39 is 23.9 Å². The number of aryl methyl sites for hydroxylation is 1. The van der Waals surface area contributed by atoms with Gasteiger partial charge in [0.15, 0.2) is 0 Å². The molecule has 0 fully saturated rings. The topological polar surface area (TPSA) is 39.2 Å². The lowest BCUT2D eigenvalue weighted by Gasteiger charge is -2.06. The Morgan fingerprint density at radius 3 is 2.60 bits per heavy atom. The predicted octanol–water partition coefficient (Wildman–Crippen LogP) is 2.25. The maximum Gasteiger partial charge on any atom is 0.339 e. The van der Waals surface area contributed by atoms with Crippen LogP contribution in [0.5, 0.6) is 0 Å². The summed E-state index contributed by atoms with van der Waals surface area (Å²) in [5, 5.41) is 0. The lowest BCUT2D eigenvalue weighted by Crippen LogP contribution is -2.09. The summed E-state index contributed by atoms with van der Waals surface area (Å²) in [7, 11) is 1.10. The van der Waals surface area contributed by atoms with E-state index in [1.54, 1.807) is 0 Å². The molecule has 1 heterocycles. The molecule has 0 aliphatic carbocycles. The molecule has 0 saturated heterocycles. The van der Waals surface area contributed by atoms with E-state index in [1.807, 2.05) is 0 Å². The van der Waals surface area contributed by atoms with Crippen LogP contribution in [-0.4, -0.2) is 18.1 Å². The second-order valence-electron chi connectivity index (χ2n) is 2.79. The number of methoxy groups -OCH3 is 1. The molecule has 0 aliphatic heterocycles. The van der Waals surface area contributed by atoms with Gasteiger partial charge in [-0.15, -0.1) is 0 Å². The Hall–Kier alpha value is -1.59. The number of carbonyl (C=O) groups is 1. The molecule has 0 N–H and O–H groups in total. The molecule has 0 radical (unpaired) electrons. The molecule has 1 rings (SSSR count). The fourth-order valence-corrected chi connectivity index (χ4v) is 1.06. The van der Waals surface area contributed by atoms with Gasteiger partial charge in [-0.25, -0.2) is 18.6 Å². The van der Waals surface area contributed by atoms with Gasteiger partial charge in [-0.3, -0.25) is 0 Å². The molecule has 0 aliphatic rings. The van der Waals surface area contributed by atoms with Gasteiger partial charge >= 0.3 is 5.97 Å². The summed E-state index contributed by atoms with van der Waals surface area (Å²) in [6.45, 7) is 1.34. The second kappa shape index (κ2) is 4.29. The molecule has 0 spiro atoms. The van der Waals surface area contributed by atoms with E-state index in [4.69, 9.17) is 0 Å². The van der Waals surface area contributed by atoms with Crippen LogP contribution in [0.3, 0.4) is 0 Å². The highest BCUT2D eigenvalue weighted by atomic mass is 19.3. The zero-order valence-corrected chi connectivity index (χ0v) is 8.05. The molecule has 0 unspecified atom stereocenters. The minimum atomic E-state index is -3.01. The van der Waals surface area contributed by atoms with Gasteiger partial charge in [0, 0.05) is 0 Å². The Kier molecular flexibility index (Phi) is 3.28. The molecule has 0 amide bonds. The van der Waals surface area contributed by atoms with Gasteiger partial charge in [0.25, 0.3) is 6.43 Å². The van der Waals surface area contributed by atoms with Gasteiger partial charge in [-0.1, -0.05) is 0 Å². The summed E-state index contributed by atoms with van der Waals surface area (Å²) in [5.74, 6) is -2.09. The normalized spacial score (nSPS) is 10.5. The largest absolute Gasteiger partial charge is 0.465 e. The first kappa shape index (κ1) is 11.5. The Labute approximate surface area is 83.9 Å². The second-order valence-corrected chi connectivity index (χ2v) is 2.79. The molecule has 0 saturated carbocycles.